The van der Waals surface area contributed by atoms with Crippen molar-refractivity contribution in [3.05, 3.63) is 34.9 Å². The van der Waals surface area contributed by atoms with Gasteiger partial charge in [0.05, 0.1) is 5.56 Å². The van der Waals surface area contributed by atoms with Gasteiger partial charge in [0.2, 0.25) is 0 Å². The lowest BCUT2D eigenvalue weighted by Gasteiger charge is -2.20. The quantitative estimate of drug-likeness (QED) is 0.820. The second-order valence-corrected chi connectivity index (χ2v) is 6.00. The summed E-state index contributed by atoms with van der Waals surface area (Å²) < 4.78 is 0. The van der Waals surface area contributed by atoms with Crippen LogP contribution >= 0.6 is 0 Å². The highest BCUT2D eigenvalue weighted by atomic mass is 16.2. The van der Waals surface area contributed by atoms with Gasteiger partial charge in [-0.05, 0) is 49.3 Å². The van der Waals surface area contributed by atoms with Crippen LogP contribution in [0.1, 0.15) is 48.2 Å². The minimum Gasteiger partial charge on any atom is -0.384 e. The summed E-state index contributed by atoms with van der Waals surface area (Å²) >= 11 is 0. The van der Waals surface area contributed by atoms with Crippen molar-refractivity contribution in [1.29, 1.82) is 0 Å². The number of carbonyl (C=O) groups excluding carboxylic acids is 1. The van der Waals surface area contributed by atoms with Crippen LogP contribution in [-0.2, 0) is 0 Å². The molecule has 1 aliphatic rings. The Morgan fingerprint density at radius 1 is 1.38 bits per heavy atom. The summed E-state index contributed by atoms with van der Waals surface area (Å²) in [6, 6.07) is 5.86. The van der Waals surface area contributed by atoms with Crippen LogP contribution in [0.5, 0.6) is 0 Å². The molecule has 21 heavy (non-hydrogen) atoms. The number of rotatable bonds is 2. The highest BCUT2D eigenvalue weighted by Crippen LogP contribution is 2.31. The van der Waals surface area contributed by atoms with E-state index in [9.17, 15) is 4.79 Å². The third-order valence-corrected chi connectivity index (χ3v) is 4.50. The number of nitrogens with one attached hydrogen (secondary N) is 1. The van der Waals surface area contributed by atoms with Gasteiger partial charge in [-0.15, -0.1) is 0 Å². The van der Waals surface area contributed by atoms with Crippen LogP contribution in [0, 0.1) is 30.6 Å². The third kappa shape index (κ3) is 3.65. The lowest BCUT2D eigenvalue weighted by molar-refractivity contribution is 0.0927. The van der Waals surface area contributed by atoms with E-state index in [-0.39, 0.29) is 18.6 Å². The topological polar surface area (TPSA) is 49.3 Å². The summed E-state index contributed by atoms with van der Waals surface area (Å²) in [5.41, 5.74) is 2.32. The molecule has 3 atom stereocenters. The molecule has 1 aromatic rings. The molecule has 0 radical (unpaired) electrons. The predicted molar refractivity (Wildman–Crippen MR) is 84.0 cm³/mol. The highest BCUT2D eigenvalue weighted by molar-refractivity contribution is 5.97. The van der Waals surface area contributed by atoms with Gasteiger partial charge in [0.15, 0.2) is 0 Å². The maximum absolute atomic E-state index is 12.5. The lowest BCUT2D eigenvalue weighted by Crippen LogP contribution is -2.37. The van der Waals surface area contributed by atoms with E-state index in [1.165, 1.54) is 0 Å². The molecule has 0 saturated heterocycles. The van der Waals surface area contributed by atoms with Gasteiger partial charge in [-0.1, -0.05) is 31.8 Å². The van der Waals surface area contributed by atoms with Crippen LogP contribution in [0.3, 0.4) is 0 Å². The van der Waals surface area contributed by atoms with Crippen molar-refractivity contribution in [2.45, 2.75) is 39.7 Å². The summed E-state index contributed by atoms with van der Waals surface area (Å²) in [5.74, 6) is 6.58. The molecule has 0 aromatic heterocycles. The Balaban J connectivity index is 2.19. The van der Waals surface area contributed by atoms with E-state index in [0.29, 0.717) is 23.0 Å². The summed E-state index contributed by atoms with van der Waals surface area (Å²) in [5, 5.41) is 12.0. The molecule has 1 fully saturated rings. The smallest absolute Gasteiger partial charge is 0.252 e. The average molecular weight is 285 g/mol. The SMILES string of the molecule is Cc1ccc(C(=O)NC2CCC(C)C2C)c(C#CCO)c1. The Bertz CT molecular complexity index is 583. The lowest BCUT2D eigenvalue weighted by atomic mass is 9.97. The standard InChI is InChI=1S/C18H23NO2/c1-12-6-8-16(15(11-12)5-4-10-20)18(21)19-17-9-7-13(2)14(17)3/h6,8,11,13-14,17,20H,7,9-10H2,1-3H3,(H,19,21). The zero-order valence-corrected chi connectivity index (χ0v) is 12.9. The molecule has 3 unspecified atom stereocenters. The molecule has 1 aromatic carbocycles. The molecule has 0 bridgehead atoms. The largest absolute Gasteiger partial charge is 0.384 e. The minimum absolute atomic E-state index is 0.0665. The fourth-order valence-electron chi connectivity index (χ4n) is 2.91. The number of amides is 1. The van der Waals surface area contributed by atoms with Crippen LogP contribution in [0.2, 0.25) is 0 Å². The molecule has 0 aliphatic heterocycles. The van der Waals surface area contributed by atoms with E-state index in [1.807, 2.05) is 25.1 Å². The molecular formula is C18H23NO2. The Kier molecular flexibility index (Phi) is 5.03. The molecule has 0 spiro atoms. The summed E-state index contributed by atoms with van der Waals surface area (Å²) in [6.07, 6.45) is 2.20. The van der Waals surface area contributed by atoms with Gasteiger partial charge < -0.3 is 10.4 Å². The number of aliphatic hydroxyl groups excluding tert-OH is 1. The first-order valence-electron chi connectivity index (χ1n) is 7.54. The van der Waals surface area contributed by atoms with Crippen molar-refractivity contribution < 1.29 is 9.90 Å². The van der Waals surface area contributed by atoms with Gasteiger partial charge in [-0.25, -0.2) is 0 Å². The van der Waals surface area contributed by atoms with Gasteiger partial charge in [0.1, 0.15) is 6.61 Å². The first-order valence-corrected chi connectivity index (χ1v) is 7.54. The van der Waals surface area contributed by atoms with Gasteiger partial charge in [0.25, 0.3) is 5.91 Å². The maximum atomic E-state index is 12.5. The summed E-state index contributed by atoms with van der Waals surface area (Å²) in [6.45, 7) is 6.20. The van der Waals surface area contributed by atoms with E-state index in [2.05, 4.69) is 31.0 Å². The number of hydrogen-bond acceptors (Lipinski definition) is 2. The highest BCUT2D eigenvalue weighted by Gasteiger charge is 2.31. The first-order chi connectivity index (χ1) is 10.0. The Morgan fingerprint density at radius 3 is 2.76 bits per heavy atom. The van der Waals surface area contributed by atoms with Crippen molar-refractivity contribution in [1.82, 2.24) is 5.32 Å². The van der Waals surface area contributed by atoms with Gasteiger partial charge in [-0.2, -0.15) is 0 Å². The fraction of sp³-hybridized carbons (Fsp3) is 0.500. The number of aryl methyl sites for hydroxylation is 1. The van der Waals surface area contributed by atoms with Crippen molar-refractivity contribution in [2.75, 3.05) is 6.61 Å². The molecule has 0 heterocycles. The number of aliphatic hydroxyl groups is 1. The van der Waals surface area contributed by atoms with Crippen molar-refractivity contribution in [3.8, 4) is 11.8 Å². The third-order valence-electron chi connectivity index (χ3n) is 4.50. The van der Waals surface area contributed by atoms with Gasteiger partial charge >= 0.3 is 0 Å². The summed E-state index contributed by atoms with van der Waals surface area (Å²) in [4.78, 5) is 12.5. The number of carbonyl (C=O) groups is 1. The Morgan fingerprint density at radius 2 is 2.14 bits per heavy atom. The van der Waals surface area contributed by atoms with Gasteiger partial charge in [0, 0.05) is 11.6 Å². The van der Waals surface area contributed by atoms with Crippen molar-refractivity contribution in [2.24, 2.45) is 11.8 Å². The maximum Gasteiger partial charge on any atom is 0.252 e. The van der Waals surface area contributed by atoms with Gasteiger partial charge in [-0.3, -0.25) is 4.79 Å². The molecule has 2 N–H and O–H groups in total. The van der Waals surface area contributed by atoms with Crippen LogP contribution in [-0.4, -0.2) is 23.7 Å². The molecule has 1 amide bonds. The van der Waals surface area contributed by atoms with E-state index < -0.39 is 0 Å². The summed E-state index contributed by atoms with van der Waals surface area (Å²) in [7, 11) is 0. The zero-order valence-electron chi connectivity index (χ0n) is 12.9. The molecule has 112 valence electrons. The predicted octanol–water partition coefficient (Wildman–Crippen LogP) is 2.50. The fourth-order valence-corrected chi connectivity index (χ4v) is 2.91. The average Bonchev–Trinajstić information content (AvgIpc) is 2.77. The second-order valence-electron chi connectivity index (χ2n) is 6.00. The van der Waals surface area contributed by atoms with Crippen LogP contribution in [0.15, 0.2) is 18.2 Å². The van der Waals surface area contributed by atoms with Crippen LogP contribution in [0.4, 0.5) is 0 Å². The molecule has 3 heteroatoms. The molecule has 1 saturated carbocycles. The van der Waals surface area contributed by atoms with Crippen molar-refractivity contribution in [3.63, 3.8) is 0 Å². The van der Waals surface area contributed by atoms with E-state index in [0.717, 1.165) is 18.4 Å². The molecular weight excluding hydrogens is 262 g/mol. The molecule has 2 rings (SSSR count). The zero-order chi connectivity index (χ0) is 15.4. The van der Waals surface area contributed by atoms with Crippen molar-refractivity contribution >= 4 is 5.91 Å². The monoisotopic (exact) mass is 285 g/mol. The Hall–Kier alpha value is -1.79. The normalized spacial score (nSPS) is 24.3. The molecule has 1 aliphatic carbocycles. The second kappa shape index (κ2) is 6.78. The first kappa shape index (κ1) is 15.6. The van der Waals surface area contributed by atoms with E-state index >= 15 is 0 Å². The van der Waals surface area contributed by atoms with E-state index in [4.69, 9.17) is 5.11 Å². The Labute approximate surface area is 126 Å². The van der Waals surface area contributed by atoms with E-state index in [1.54, 1.807) is 0 Å². The van der Waals surface area contributed by atoms with Crippen LogP contribution < -0.4 is 5.32 Å². The molecule has 3 nitrogen and oxygen atoms in total. The minimum atomic E-state index is -0.202. The van der Waals surface area contributed by atoms with Crippen LogP contribution in [0.25, 0.3) is 0 Å². The number of benzene rings is 1. The number of hydrogen-bond donors (Lipinski definition) is 2.